The van der Waals surface area contributed by atoms with Crippen molar-refractivity contribution >= 4 is 39.1 Å². The summed E-state index contributed by atoms with van der Waals surface area (Å²) in [5, 5.41) is 3.64. The second-order valence-corrected chi connectivity index (χ2v) is 12.3. The number of amides is 2. The first-order valence-electron chi connectivity index (χ1n) is 12.9. The molecule has 1 unspecified atom stereocenters. The van der Waals surface area contributed by atoms with Gasteiger partial charge in [-0.25, -0.2) is 8.42 Å². The van der Waals surface area contributed by atoms with E-state index in [1.807, 2.05) is 38.1 Å². The van der Waals surface area contributed by atoms with E-state index in [0.29, 0.717) is 22.7 Å². The number of benzene rings is 2. The number of halogens is 1. The van der Waals surface area contributed by atoms with Crippen LogP contribution in [0.3, 0.4) is 0 Å². The van der Waals surface area contributed by atoms with Crippen molar-refractivity contribution in [2.75, 3.05) is 17.1 Å². The van der Waals surface area contributed by atoms with Gasteiger partial charge in [0.1, 0.15) is 12.6 Å². The first-order valence-corrected chi connectivity index (χ1v) is 15.1. The zero-order chi connectivity index (χ0) is 27.2. The first-order chi connectivity index (χ1) is 17.5. The number of anilines is 1. The lowest BCUT2D eigenvalue weighted by Gasteiger charge is -2.34. The van der Waals surface area contributed by atoms with Crippen LogP contribution in [0.4, 0.5) is 5.69 Å². The predicted molar refractivity (Wildman–Crippen MR) is 149 cm³/mol. The highest BCUT2D eigenvalue weighted by molar-refractivity contribution is 7.92. The van der Waals surface area contributed by atoms with Crippen molar-refractivity contribution in [2.45, 2.75) is 77.9 Å². The second kappa shape index (κ2) is 12.8. The molecule has 1 N–H and O–H groups in total. The maximum Gasteiger partial charge on any atom is 0.244 e. The zero-order valence-corrected chi connectivity index (χ0v) is 23.7. The molecule has 1 aliphatic carbocycles. The Morgan fingerprint density at radius 2 is 1.73 bits per heavy atom. The van der Waals surface area contributed by atoms with Crippen molar-refractivity contribution < 1.29 is 18.0 Å². The third kappa shape index (κ3) is 7.71. The van der Waals surface area contributed by atoms with Crippen LogP contribution in [0.2, 0.25) is 5.02 Å². The molecule has 202 valence electrons. The van der Waals surface area contributed by atoms with E-state index in [2.05, 4.69) is 5.32 Å². The molecule has 2 aromatic carbocycles. The van der Waals surface area contributed by atoms with Gasteiger partial charge in [0.25, 0.3) is 0 Å². The van der Waals surface area contributed by atoms with E-state index in [4.69, 9.17) is 11.6 Å². The summed E-state index contributed by atoms with van der Waals surface area (Å²) >= 11 is 6.08. The summed E-state index contributed by atoms with van der Waals surface area (Å²) in [6, 6.07) is 12.0. The fourth-order valence-corrected chi connectivity index (χ4v) is 6.06. The van der Waals surface area contributed by atoms with Crippen LogP contribution in [0.25, 0.3) is 0 Å². The minimum absolute atomic E-state index is 0.106. The van der Waals surface area contributed by atoms with E-state index in [9.17, 15) is 18.0 Å². The maximum absolute atomic E-state index is 13.9. The normalized spacial score (nSPS) is 15.2. The van der Waals surface area contributed by atoms with Crippen LogP contribution < -0.4 is 9.62 Å². The molecule has 7 nitrogen and oxygen atoms in total. The SMILES string of the molecule is CCC(C(=O)NC1CCCCC1)N(Cc1ccccc1C)C(=O)CN(c1ccc(Cl)cc1C)S(C)(=O)=O. The van der Waals surface area contributed by atoms with Crippen LogP contribution in [-0.2, 0) is 26.2 Å². The van der Waals surface area contributed by atoms with Gasteiger partial charge in [-0.15, -0.1) is 0 Å². The van der Waals surface area contributed by atoms with Gasteiger partial charge in [0.15, 0.2) is 0 Å². The Balaban J connectivity index is 1.94. The van der Waals surface area contributed by atoms with Gasteiger partial charge in [-0.3, -0.25) is 13.9 Å². The van der Waals surface area contributed by atoms with E-state index in [1.165, 1.54) is 11.3 Å². The summed E-state index contributed by atoms with van der Waals surface area (Å²) in [5.74, 6) is -0.626. The molecular weight excluding hydrogens is 510 g/mol. The predicted octanol–water partition coefficient (Wildman–Crippen LogP) is 4.98. The average Bonchev–Trinajstić information content (AvgIpc) is 2.84. The number of hydrogen-bond donors (Lipinski definition) is 1. The largest absolute Gasteiger partial charge is 0.352 e. The standard InChI is InChI=1S/C28H38ClN3O4S/c1-5-25(28(34)30-24-13-7-6-8-14-24)31(18-22-12-10-9-11-20(22)2)27(33)19-32(37(4,35)36)26-16-15-23(29)17-21(26)3/h9-12,15-17,24-25H,5-8,13-14,18-19H2,1-4H3,(H,30,34). The quantitative estimate of drug-likeness (QED) is 0.454. The van der Waals surface area contributed by atoms with Gasteiger partial charge < -0.3 is 10.2 Å². The van der Waals surface area contributed by atoms with Crippen LogP contribution >= 0.6 is 11.6 Å². The number of sulfonamides is 1. The van der Waals surface area contributed by atoms with Gasteiger partial charge in [-0.1, -0.05) is 62.1 Å². The van der Waals surface area contributed by atoms with Crippen molar-refractivity contribution in [2.24, 2.45) is 0 Å². The van der Waals surface area contributed by atoms with Gasteiger partial charge in [-0.2, -0.15) is 0 Å². The van der Waals surface area contributed by atoms with Crippen molar-refractivity contribution in [1.82, 2.24) is 10.2 Å². The minimum atomic E-state index is -3.80. The molecule has 0 aromatic heterocycles. The van der Waals surface area contributed by atoms with Crippen LogP contribution in [0, 0.1) is 13.8 Å². The molecule has 9 heteroatoms. The minimum Gasteiger partial charge on any atom is -0.352 e. The Morgan fingerprint density at radius 1 is 1.05 bits per heavy atom. The van der Waals surface area contributed by atoms with Gasteiger partial charge >= 0.3 is 0 Å². The summed E-state index contributed by atoms with van der Waals surface area (Å²) < 4.78 is 26.7. The molecule has 1 atom stereocenters. The van der Waals surface area contributed by atoms with Gasteiger partial charge in [0.05, 0.1) is 11.9 Å². The molecule has 1 saturated carbocycles. The Labute approximate surface area is 226 Å². The molecule has 0 heterocycles. The van der Waals surface area contributed by atoms with Crippen molar-refractivity contribution in [3.05, 3.63) is 64.2 Å². The Bertz CT molecular complexity index is 1210. The Hall–Kier alpha value is -2.58. The smallest absolute Gasteiger partial charge is 0.244 e. The number of hydrogen-bond acceptors (Lipinski definition) is 4. The number of nitrogens with zero attached hydrogens (tertiary/aromatic N) is 2. The number of rotatable bonds is 10. The maximum atomic E-state index is 13.9. The molecule has 0 saturated heterocycles. The molecule has 0 bridgehead atoms. The van der Waals surface area contributed by atoms with E-state index >= 15 is 0 Å². The Morgan fingerprint density at radius 3 is 2.32 bits per heavy atom. The molecule has 1 fully saturated rings. The fourth-order valence-electron chi connectivity index (χ4n) is 4.93. The fraction of sp³-hybridized carbons (Fsp3) is 0.500. The molecule has 2 amide bonds. The highest BCUT2D eigenvalue weighted by Gasteiger charge is 2.33. The lowest BCUT2D eigenvalue weighted by atomic mass is 9.95. The summed E-state index contributed by atoms with van der Waals surface area (Å²) in [4.78, 5) is 28.9. The third-order valence-corrected chi connectivity index (χ3v) is 8.41. The number of carbonyl (C=O) groups is 2. The number of carbonyl (C=O) groups excluding carboxylic acids is 2. The second-order valence-electron chi connectivity index (χ2n) is 9.92. The molecule has 2 aromatic rings. The van der Waals surface area contributed by atoms with Gasteiger partial charge in [0, 0.05) is 17.6 Å². The van der Waals surface area contributed by atoms with E-state index < -0.39 is 28.5 Å². The van der Waals surface area contributed by atoms with Crippen LogP contribution in [0.1, 0.15) is 62.1 Å². The monoisotopic (exact) mass is 547 g/mol. The number of nitrogens with one attached hydrogen (secondary N) is 1. The van der Waals surface area contributed by atoms with Crippen molar-refractivity contribution in [1.29, 1.82) is 0 Å². The first kappa shape index (κ1) is 29.0. The lowest BCUT2D eigenvalue weighted by molar-refractivity contribution is -0.140. The molecule has 1 aliphatic rings. The molecule has 0 aliphatic heterocycles. The third-order valence-electron chi connectivity index (χ3n) is 7.05. The van der Waals surface area contributed by atoms with Crippen LogP contribution in [0.5, 0.6) is 0 Å². The average molecular weight is 548 g/mol. The number of aryl methyl sites for hydroxylation is 2. The summed E-state index contributed by atoms with van der Waals surface area (Å²) in [7, 11) is -3.80. The molecule has 0 spiro atoms. The van der Waals surface area contributed by atoms with E-state index in [1.54, 1.807) is 25.1 Å². The summed E-state index contributed by atoms with van der Waals surface area (Å²) in [6.07, 6.45) is 6.70. The highest BCUT2D eigenvalue weighted by atomic mass is 35.5. The molecule has 37 heavy (non-hydrogen) atoms. The highest BCUT2D eigenvalue weighted by Crippen LogP contribution is 2.26. The molecule has 3 rings (SSSR count). The lowest BCUT2D eigenvalue weighted by Crippen LogP contribution is -2.54. The molecular formula is C28H38ClN3O4S. The zero-order valence-electron chi connectivity index (χ0n) is 22.2. The van der Waals surface area contributed by atoms with Gasteiger partial charge in [-0.05, 0) is 68.0 Å². The Kier molecular flexibility index (Phi) is 10.0. The van der Waals surface area contributed by atoms with E-state index in [0.717, 1.165) is 47.4 Å². The van der Waals surface area contributed by atoms with Crippen molar-refractivity contribution in [3.8, 4) is 0 Å². The van der Waals surface area contributed by atoms with E-state index in [-0.39, 0.29) is 18.5 Å². The summed E-state index contributed by atoms with van der Waals surface area (Å²) in [5.41, 5.74) is 2.93. The summed E-state index contributed by atoms with van der Waals surface area (Å²) in [6.45, 7) is 5.38. The van der Waals surface area contributed by atoms with Gasteiger partial charge in [0.2, 0.25) is 21.8 Å². The topological polar surface area (TPSA) is 86.8 Å². The van der Waals surface area contributed by atoms with Crippen molar-refractivity contribution in [3.63, 3.8) is 0 Å². The van der Waals surface area contributed by atoms with Crippen LogP contribution in [0.15, 0.2) is 42.5 Å². The molecule has 0 radical (unpaired) electrons. The van der Waals surface area contributed by atoms with Crippen LogP contribution in [-0.4, -0.2) is 50.0 Å².